The fourth-order valence-electron chi connectivity index (χ4n) is 0.202. The predicted octanol–water partition coefficient (Wildman–Crippen LogP) is -0.660. The van der Waals surface area contributed by atoms with E-state index in [1.165, 1.54) is 0 Å². The molecule has 0 unspecified atom stereocenters. The molecule has 0 radical (unpaired) electrons. The molecule has 4 heteroatoms. The molecule has 9 heavy (non-hydrogen) atoms. The largest absolute Gasteiger partial charge is 0.277 e. The molecular weight excluding hydrogens is 120 g/mol. The van der Waals surface area contributed by atoms with Gasteiger partial charge in [0.15, 0.2) is 0 Å². The molecule has 4 nitrogen and oxygen atoms in total. The molecule has 0 aromatic rings. The van der Waals surface area contributed by atoms with E-state index in [1.54, 1.807) is 6.92 Å². The summed E-state index contributed by atoms with van der Waals surface area (Å²) in [7, 11) is 0. The summed E-state index contributed by atoms with van der Waals surface area (Å²) in [6.07, 6.45) is 0.376. The smallest absolute Gasteiger partial charge is 0.264 e. The van der Waals surface area contributed by atoms with Crippen LogP contribution in [0.25, 0.3) is 0 Å². The van der Waals surface area contributed by atoms with Crippen molar-refractivity contribution in [3.63, 3.8) is 0 Å². The van der Waals surface area contributed by atoms with Crippen LogP contribution in [-0.2, 0) is 9.59 Å². The van der Waals surface area contributed by atoms with Gasteiger partial charge in [0.25, 0.3) is 5.91 Å². The molecule has 0 aliphatic carbocycles. The molecule has 0 aromatic carbocycles. The molecule has 0 aromatic heterocycles. The van der Waals surface area contributed by atoms with Crippen molar-refractivity contribution in [1.29, 1.82) is 0 Å². The molecule has 0 spiro atoms. The van der Waals surface area contributed by atoms with Crippen LogP contribution in [0.1, 0.15) is 6.92 Å². The number of rotatable bonds is 3. The highest BCUT2D eigenvalue weighted by Gasteiger charge is 1.96. The fourth-order valence-corrected chi connectivity index (χ4v) is 0.202. The highest BCUT2D eigenvalue weighted by Crippen LogP contribution is 1.81. The fraction of sp³-hybridized carbons (Fsp3) is 0.200. The second-order valence-corrected chi connectivity index (χ2v) is 1.50. The Labute approximate surface area is 52.9 Å². The highest BCUT2D eigenvalue weighted by atomic mass is 16.2. The first-order valence-electron chi connectivity index (χ1n) is 2.33. The monoisotopic (exact) mass is 128 g/mol. The average Bonchev–Trinajstić information content (AvgIpc) is 1.82. The van der Waals surface area contributed by atoms with E-state index in [0.717, 1.165) is 0 Å². The zero-order valence-corrected chi connectivity index (χ0v) is 5.10. The van der Waals surface area contributed by atoms with Crippen molar-refractivity contribution in [2.75, 3.05) is 0 Å². The second kappa shape index (κ2) is 3.65. The van der Waals surface area contributed by atoms with Crippen LogP contribution in [0.2, 0.25) is 0 Å². The highest BCUT2D eigenvalue weighted by molar-refractivity contribution is 5.92. The van der Waals surface area contributed by atoms with Gasteiger partial charge < -0.3 is 0 Å². The Balaban J connectivity index is 3.51. The molecular formula is C5H8N2O2. The second-order valence-electron chi connectivity index (χ2n) is 1.50. The summed E-state index contributed by atoms with van der Waals surface area (Å²) >= 11 is 0. The van der Waals surface area contributed by atoms with Gasteiger partial charge in [-0.25, -0.2) is 0 Å². The SMILES string of the molecule is C=C(C)C(=O)NNC=O. The topological polar surface area (TPSA) is 58.2 Å². The van der Waals surface area contributed by atoms with Gasteiger partial charge in [0, 0.05) is 5.57 Å². The molecule has 0 fully saturated rings. The number of carbonyl (C=O) groups is 2. The molecule has 2 N–H and O–H groups in total. The van der Waals surface area contributed by atoms with Crippen LogP contribution in [-0.4, -0.2) is 12.3 Å². The van der Waals surface area contributed by atoms with Gasteiger partial charge in [-0.05, 0) is 6.92 Å². The van der Waals surface area contributed by atoms with Crippen LogP contribution in [0, 0.1) is 0 Å². The summed E-state index contributed by atoms with van der Waals surface area (Å²) in [6.45, 7) is 4.88. The van der Waals surface area contributed by atoms with Gasteiger partial charge in [-0.3, -0.25) is 20.4 Å². The standard InChI is InChI=1S/C5H8N2O2/c1-4(2)5(9)7-6-3-8/h3H,1H2,2H3,(H,6,8)(H,7,9). The zero-order valence-electron chi connectivity index (χ0n) is 5.10. The Bertz CT molecular complexity index is 142. The lowest BCUT2D eigenvalue weighted by Gasteiger charge is -1.98. The van der Waals surface area contributed by atoms with E-state index in [-0.39, 0.29) is 5.91 Å². The quantitative estimate of drug-likeness (QED) is 0.301. The lowest BCUT2D eigenvalue weighted by Crippen LogP contribution is -2.36. The third-order valence-corrected chi connectivity index (χ3v) is 0.632. The van der Waals surface area contributed by atoms with Gasteiger partial charge in [0.1, 0.15) is 0 Å². The molecule has 0 heterocycles. The van der Waals surface area contributed by atoms with E-state index in [9.17, 15) is 9.59 Å². The van der Waals surface area contributed by atoms with Crippen molar-refractivity contribution < 1.29 is 9.59 Å². The Morgan fingerprint density at radius 2 is 2.22 bits per heavy atom. The molecule has 0 atom stereocenters. The molecule has 0 rings (SSSR count). The number of hydrogen-bond donors (Lipinski definition) is 2. The molecule has 50 valence electrons. The Morgan fingerprint density at radius 3 is 2.56 bits per heavy atom. The summed E-state index contributed by atoms with van der Waals surface area (Å²) in [4.78, 5) is 20.0. The maximum Gasteiger partial charge on any atom is 0.264 e. The van der Waals surface area contributed by atoms with E-state index in [1.807, 2.05) is 5.43 Å². The van der Waals surface area contributed by atoms with E-state index in [2.05, 4.69) is 12.0 Å². The molecule has 0 aliphatic heterocycles. The number of hydrazine groups is 1. The van der Waals surface area contributed by atoms with Crippen molar-refractivity contribution in [1.82, 2.24) is 10.9 Å². The molecule has 0 saturated heterocycles. The number of hydrogen-bond acceptors (Lipinski definition) is 2. The van der Waals surface area contributed by atoms with E-state index in [4.69, 9.17) is 0 Å². The summed E-state index contributed by atoms with van der Waals surface area (Å²) in [5.74, 6) is -0.387. The lowest BCUT2D eigenvalue weighted by atomic mass is 10.3. The van der Waals surface area contributed by atoms with Crippen LogP contribution >= 0.6 is 0 Å². The number of carbonyl (C=O) groups excluding carboxylic acids is 2. The minimum atomic E-state index is -0.387. The number of nitrogens with one attached hydrogen (secondary N) is 2. The maximum absolute atomic E-state index is 10.5. The third-order valence-electron chi connectivity index (χ3n) is 0.632. The predicted molar refractivity (Wildman–Crippen MR) is 32.2 cm³/mol. The molecule has 0 saturated carbocycles. The zero-order chi connectivity index (χ0) is 7.28. The van der Waals surface area contributed by atoms with Gasteiger partial charge in [0.05, 0.1) is 0 Å². The van der Waals surface area contributed by atoms with Gasteiger partial charge in [-0.1, -0.05) is 6.58 Å². The third kappa shape index (κ3) is 3.28. The van der Waals surface area contributed by atoms with Crippen molar-refractivity contribution in [3.05, 3.63) is 12.2 Å². The summed E-state index contributed by atoms with van der Waals surface area (Å²) in [5.41, 5.74) is 4.41. The first-order valence-corrected chi connectivity index (χ1v) is 2.33. The molecule has 0 bridgehead atoms. The minimum absolute atomic E-state index is 0.351. The van der Waals surface area contributed by atoms with Crippen LogP contribution in [0.15, 0.2) is 12.2 Å². The van der Waals surface area contributed by atoms with E-state index < -0.39 is 0 Å². The first-order chi connectivity index (χ1) is 4.18. The van der Waals surface area contributed by atoms with Crippen LogP contribution < -0.4 is 10.9 Å². The summed E-state index contributed by atoms with van der Waals surface area (Å²) < 4.78 is 0. The first kappa shape index (κ1) is 7.68. The van der Waals surface area contributed by atoms with Crippen molar-refractivity contribution in [2.45, 2.75) is 6.92 Å². The van der Waals surface area contributed by atoms with Gasteiger partial charge in [-0.2, -0.15) is 0 Å². The van der Waals surface area contributed by atoms with Gasteiger partial charge in [0.2, 0.25) is 6.41 Å². The number of amides is 2. The van der Waals surface area contributed by atoms with Crippen LogP contribution in [0.5, 0.6) is 0 Å². The normalized spacial score (nSPS) is 7.67. The van der Waals surface area contributed by atoms with E-state index >= 15 is 0 Å². The Morgan fingerprint density at radius 1 is 1.67 bits per heavy atom. The molecule has 0 aliphatic rings. The summed E-state index contributed by atoms with van der Waals surface area (Å²) in [5, 5.41) is 0. The van der Waals surface area contributed by atoms with Gasteiger partial charge >= 0.3 is 0 Å². The van der Waals surface area contributed by atoms with Crippen molar-refractivity contribution in [3.8, 4) is 0 Å². The lowest BCUT2D eigenvalue weighted by molar-refractivity contribution is -0.121. The van der Waals surface area contributed by atoms with Gasteiger partial charge in [-0.15, -0.1) is 0 Å². The van der Waals surface area contributed by atoms with E-state index in [0.29, 0.717) is 12.0 Å². The van der Waals surface area contributed by atoms with Crippen LogP contribution in [0.3, 0.4) is 0 Å². The minimum Gasteiger partial charge on any atom is -0.277 e. The average molecular weight is 128 g/mol. The Kier molecular flexibility index (Phi) is 3.12. The molecule has 2 amide bonds. The van der Waals surface area contributed by atoms with Crippen molar-refractivity contribution >= 4 is 12.3 Å². The summed E-state index contributed by atoms with van der Waals surface area (Å²) in [6, 6.07) is 0. The maximum atomic E-state index is 10.5. The van der Waals surface area contributed by atoms with Crippen LogP contribution in [0.4, 0.5) is 0 Å². The van der Waals surface area contributed by atoms with Crippen molar-refractivity contribution in [2.24, 2.45) is 0 Å². The Hall–Kier alpha value is -1.32.